The van der Waals surface area contributed by atoms with E-state index in [1.54, 1.807) is 17.0 Å². The van der Waals surface area contributed by atoms with Crippen molar-refractivity contribution in [2.45, 2.75) is 12.5 Å². The van der Waals surface area contributed by atoms with Crippen LogP contribution < -0.4 is 0 Å². The maximum Gasteiger partial charge on any atom is 0.308 e. The van der Waals surface area contributed by atoms with Crippen LogP contribution >= 0.6 is 0 Å². The number of likely N-dealkylation sites (N-methyl/N-ethyl adjacent to an activating group) is 1. The number of amides is 1. The molecule has 0 aliphatic carbocycles. The third-order valence-electron chi connectivity index (χ3n) is 3.68. The Balaban J connectivity index is 2.26. The highest BCUT2D eigenvalue weighted by Gasteiger charge is 2.38. The highest BCUT2D eigenvalue weighted by Crippen LogP contribution is 2.29. The van der Waals surface area contributed by atoms with Gasteiger partial charge in [-0.2, -0.15) is 0 Å². The summed E-state index contributed by atoms with van der Waals surface area (Å²) in [7, 11) is 3.76. The molecule has 0 radical (unpaired) electrons. The molecule has 21 heavy (non-hydrogen) atoms. The van der Waals surface area contributed by atoms with Crippen LogP contribution in [0.25, 0.3) is 0 Å². The molecule has 1 aliphatic heterocycles. The Morgan fingerprint density at radius 2 is 2.05 bits per heavy atom. The second-order valence-electron chi connectivity index (χ2n) is 5.61. The van der Waals surface area contributed by atoms with Crippen molar-refractivity contribution >= 4 is 11.9 Å². The van der Waals surface area contributed by atoms with Gasteiger partial charge in [0.2, 0.25) is 5.91 Å². The van der Waals surface area contributed by atoms with E-state index in [1.165, 1.54) is 12.1 Å². The first-order valence-electron chi connectivity index (χ1n) is 6.81. The Morgan fingerprint density at radius 1 is 1.43 bits per heavy atom. The summed E-state index contributed by atoms with van der Waals surface area (Å²) in [4.78, 5) is 26.7. The number of carbonyl (C=O) groups is 2. The van der Waals surface area contributed by atoms with Crippen molar-refractivity contribution in [1.29, 1.82) is 0 Å². The fraction of sp³-hybridized carbons (Fsp3) is 0.467. The van der Waals surface area contributed by atoms with Crippen LogP contribution in [0.4, 0.5) is 4.39 Å². The molecule has 1 N–H and O–H groups in total. The van der Waals surface area contributed by atoms with Gasteiger partial charge in [-0.15, -0.1) is 0 Å². The zero-order valence-corrected chi connectivity index (χ0v) is 12.1. The van der Waals surface area contributed by atoms with Gasteiger partial charge in [0.1, 0.15) is 5.82 Å². The van der Waals surface area contributed by atoms with Crippen LogP contribution in [0.1, 0.15) is 18.0 Å². The Morgan fingerprint density at radius 3 is 2.52 bits per heavy atom. The van der Waals surface area contributed by atoms with Crippen molar-refractivity contribution in [2.75, 3.05) is 27.2 Å². The summed E-state index contributed by atoms with van der Waals surface area (Å²) in [6.07, 6.45) is 0.0282. The van der Waals surface area contributed by atoms with E-state index in [4.69, 9.17) is 5.11 Å². The van der Waals surface area contributed by atoms with Crippen LogP contribution in [0.3, 0.4) is 0 Å². The van der Waals surface area contributed by atoms with E-state index in [2.05, 4.69) is 0 Å². The molecule has 1 aliphatic rings. The summed E-state index contributed by atoms with van der Waals surface area (Å²) < 4.78 is 13.1. The molecule has 1 aromatic rings. The minimum Gasteiger partial charge on any atom is -0.481 e. The van der Waals surface area contributed by atoms with E-state index in [1.807, 2.05) is 19.0 Å². The summed E-state index contributed by atoms with van der Waals surface area (Å²) in [5.41, 5.74) is 0.810. The van der Waals surface area contributed by atoms with Gasteiger partial charge in [0, 0.05) is 19.5 Å². The second kappa shape index (κ2) is 6.22. The fourth-order valence-electron chi connectivity index (χ4n) is 2.61. The van der Waals surface area contributed by atoms with Crippen LogP contribution in [0.2, 0.25) is 0 Å². The number of benzene rings is 1. The number of aliphatic carboxylic acids is 1. The van der Waals surface area contributed by atoms with Crippen molar-refractivity contribution in [3.05, 3.63) is 35.6 Å². The molecule has 2 rings (SSSR count). The van der Waals surface area contributed by atoms with E-state index in [0.717, 1.165) is 5.56 Å². The van der Waals surface area contributed by atoms with Gasteiger partial charge in [-0.3, -0.25) is 9.59 Å². The average Bonchev–Trinajstić information content (AvgIpc) is 2.79. The maximum atomic E-state index is 13.1. The van der Waals surface area contributed by atoms with Gasteiger partial charge in [0.25, 0.3) is 0 Å². The summed E-state index contributed by atoms with van der Waals surface area (Å²) >= 11 is 0. The predicted octanol–water partition coefficient (Wildman–Crippen LogP) is 1.36. The zero-order valence-electron chi connectivity index (χ0n) is 12.1. The molecular weight excluding hydrogens is 275 g/mol. The number of carbonyl (C=O) groups excluding carboxylic acids is 1. The van der Waals surface area contributed by atoms with E-state index < -0.39 is 11.9 Å². The Hall–Kier alpha value is -1.95. The third kappa shape index (κ3) is 3.58. The molecule has 0 saturated carbocycles. The van der Waals surface area contributed by atoms with Crippen molar-refractivity contribution in [2.24, 2.45) is 5.92 Å². The number of nitrogens with zero attached hydrogens (tertiary/aromatic N) is 2. The van der Waals surface area contributed by atoms with Gasteiger partial charge in [-0.25, -0.2) is 4.39 Å². The van der Waals surface area contributed by atoms with Gasteiger partial charge < -0.3 is 14.9 Å². The van der Waals surface area contributed by atoms with E-state index in [0.29, 0.717) is 6.54 Å². The summed E-state index contributed by atoms with van der Waals surface area (Å²) in [6.45, 7) is 0.758. The van der Waals surface area contributed by atoms with Gasteiger partial charge in [0.15, 0.2) is 0 Å². The van der Waals surface area contributed by atoms with Crippen LogP contribution in [-0.2, 0) is 9.59 Å². The predicted molar refractivity (Wildman–Crippen MR) is 75.2 cm³/mol. The lowest BCUT2D eigenvalue weighted by Crippen LogP contribution is -2.37. The normalized spacial score (nSPS) is 20.1. The lowest BCUT2D eigenvalue weighted by Gasteiger charge is -2.30. The first kappa shape index (κ1) is 15.4. The largest absolute Gasteiger partial charge is 0.481 e. The monoisotopic (exact) mass is 294 g/mol. The number of carboxylic acids is 1. The van der Waals surface area contributed by atoms with Crippen molar-refractivity contribution in [1.82, 2.24) is 9.80 Å². The molecule has 2 unspecified atom stereocenters. The maximum absolute atomic E-state index is 13.1. The molecule has 5 nitrogen and oxygen atoms in total. The van der Waals surface area contributed by atoms with Crippen molar-refractivity contribution in [3.8, 4) is 0 Å². The van der Waals surface area contributed by atoms with Crippen LogP contribution in [0.15, 0.2) is 24.3 Å². The molecule has 1 saturated heterocycles. The molecule has 2 atom stereocenters. The molecule has 0 spiro atoms. The number of rotatable bonds is 5. The molecule has 1 fully saturated rings. The molecule has 0 aromatic heterocycles. The fourth-order valence-corrected chi connectivity index (χ4v) is 2.61. The quantitative estimate of drug-likeness (QED) is 0.891. The zero-order chi connectivity index (χ0) is 15.6. The third-order valence-corrected chi connectivity index (χ3v) is 3.68. The van der Waals surface area contributed by atoms with Gasteiger partial charge in [-0.05, 0) is 31.8 Å². The molecule has 0 bridgehead atoms. The summed E-state index contributed by atoms with van der Waals surface area (Å²) in [5, 5.41) is 9.08. The molecular formula is C15H19FN2O3. The van der Waals surface area contributed by atoms with Crippen molar-refractivity contribution < 1.29 is 19.1 Å². The summed E-state index contributed by atoms with van der Waals surface area (Å²) in [5.74, 6) is -2.12. The Kier molecular flexibility index (Phi) is 4.57. The average molecular weight is 294 g/mol. The lowest BCUT2D eigenvalue weighted by molar-refractivity contribution is -0.141. The van der Waals surface area contributed by atoms with Gasteiger partial charge >= 0.3 is 5.97 Å². The minimum absolute atomic E-state index is 0.0282. The highest BCUT2D eigenvalue weighted by molar-refractivity contribution is 5.86. The second-order valence-corrected chi connectivity index (χ2v) is 5.61. The van der Waals surface area contributed by atoms with Gasteiger partial charge in [-0.1, -0.05) is 12.1 Å². The SMILES string of the molecule is CN(C)CC(c1ccc(F)cc1)N1CC(C(=O)O)CC1=O. The first-order chi connectivity index (χ1) is 9.88. The first-order valence-corrected chi connectivity index (χ1v) is 6.81. The number of hydrogen-bond donors (Lipinski definition) is 1. The lowest BCUT2D eigenvalue weighted by atomic mass is 10.0. The highest BCUT2D eigenvalue weighted by atomic mass is 19.1. The number of carboxylic acid groups (broad SMARTS) is 1. The van der Waals surface area contributed by atoms with Gasteiger partial charge in [0.05, 0.1) is 12.0 Å². The topological polar surface area (TPSA) is 60.9 Å². The smallest absolute Gasteiger partial charge is 0.308 e. The molecule has 1 aromatic carbocycles. The van der Waals surface area contributed by atoms with Crippen LogP contribution in [-0.4, -0.2) is 54.0 Å². The van der Waals surface area contributed by atoms with Crippen LogP contribution in [0, 0.1) is 11.7 Å². The minimum atomic E-state index is -0.950. The Bertz CT molecular complexity index is 530. The van der Waals surface area contributed by atoms with E-state index >= 15 is 0 Å². The summed E-state index contributed by atoms with van der Waals surface area (Å²) in [6, 6.07) is 5.73. The molecule has 6 heteroatoms. The number of likely N-dealkylation sites (tertiary alicyclic amines) is 1. The standard InChI is InChI=1S/C15H19FN2O3/c1-17(2)9-13(10-3-5-12(16)6-4-10)18-8-11(15(20)21)7-14(18)19/h3-6,11,13H,7-9H2,1-2H3,(H,20,21). The van der Waals surface area contributed by atoms with E-state index in [9.17, 15) is 14.0 Å². The van der Waals surface area contributed by atoms with Crippen molar-refractivity contribution in [3.63, 3.8) is 0 Å². The number of hydrogen-bond acceptors (Lipinski definition) is 3. The van der Waals surface area contributed by atoms with Crippen LogP contribution in [0.5, 0.6) is 0 Å². The number of halogens is 1. The molecule has 114 valence electrons. The van der Waals surface area contributed by atoms with E-state index in [-0.39, 0.29) is 30.7 Å². The Labute approximate surface area is 123 Å². The molecule has 1 amide bonds. The molecule has 1 heterocycles.